The van der Waals surface area contributed by atoms with Crippen molar-refractivity contribution in [3.8, 4) is 0 Å². The number of rotatable bonds is 10. The number of unbranched alkanes of at least 4 members (excludes halogenated alkanes) is 1. The van der Waals surface area contributed by atoms with Crippen LogP contribution in [0.4, 0.5) is 4.39 Å². The van der Waals surface area contributed by atoms with Gasteiger partial charge in [0.15, 0.2) is 0 Å². The average molecular weight is 533 g/mol. The van der Waals surface area contributed by atoms with Gasteiger partial charge in [0.05, 0.1) is 12.7 Å². The summed E-state index contributed by atoms with van der Waals surface area (Å²) in [5.74, 6) is -0.366. The van der Waals surface area contributed by atoms with E-state index in [4.69, 9.17) is 27.9 Å². The van der Waals surface area contributed by atoms with E-state index in [0.29, 0.717) is 25.2 Å². The van der Waals surface area contributed by atoms with Crippen molar-refractivity contribution < 1.29 is 46.9 Å². The molecule has 2 nitrogen and oxygen atoms in total. The molecular formula is C24H34Cl2FO2Y-. The molecule has 2 aliphatic carbocycles. The molecule has 2 saturated carbocycles. The molecule has 167 valence electrons. The van der Waals surface area contributed by atoms with Gasteiger partial charge in [-0.1, -0.05) is 32.3 Å². The van der Waals surface area contributed by atoms with Crippen LogP contribution in [0.5, 0.6) is 0 Å². The third-order valence-electron chi connectivity index (χ3n) is 6.94. The number of hydrogen-bond donors (Lipinski definition) is 1. The van der Waals surface area contributed by atoms with Gasteiger partial charge in [-0.25, -0.2) is 4.39 Å². The van der Waals surface area contributed by atoms with Crippen molar-refractivity contribution in [3.05, 3.63) is 42.1 Å². The third kappa shape index (κ3) is 6.00. The first-order valence-corrected chi connectivity index (χ1v) is 11.9. The maximum Gasteiger partial charge on any atom is 0.123 e. The molecule has 6 heteroatoms. The van der Waals surface area contributed by atoms with Crippen LogP contribution in [0.1, 0.15) is 81.4 Å². The minimum absolute atomic E-state index is 0. The molecule has 0 amide bonds. The van der Waals surface area contributed by atoms with Crippen LogP contribution in [-0.2, 0) is 37.4 Å². The molecule has 0 heterocycles. The molecule has 0 aliphatic heterocycles. The maximum absolute atomic E-state index is 14.6. The standard InChI is InChI=1S/C24H34Cl2FO2.Y/c1-3-5-10-29-15-19-20(25)14-21(26)22(19)16-11-17(13-18(27)12-16)23(28)24(7-4-2)8-6-9-24;/h11-13,19-23,28H,1,3-10,14-15H2,2H3;/q-1;. The van der Waals surface area contributed by atoms with Gasteiger partial charge < -0.3 is 16.8 Å². The third-order valence-corrected chi connectivity index (χ3v) is 7.89. The Hall–Kier alpha value is 0.754. The summed E-state index contributed by atoms with van der Waals surface area (Å²) in [6, 6.07) is 5.00. The molecule has 0 bridgehead atoms. The van der Waals surface area contributed by atoms with E-state index >= 15 is 0 Å². The number of ether oxygens (including phenoxy) is 1. The fourth-order valence-corrected chi connectivity index (χ4v) is 6.28. The van der Waals surface area contributed by atoms with Crippen molar-refractivity contribution in [1.29, 1.82) is 0 Å². The van der Waals surface area contributed by atoms with Crippen molar-refractivity contribution in [2.75, 3.05) is 13.2 Å². The van der Waals surface area contributed by atoms with Crippen molar-refractivity contribution in [3.63, 3.8) is 0 Å². The largest absolute Gasteiger partial charge is 0.388 e. The molecule has 0 spiro atoms. The van der Waals surface area contributed by atoms with E-state index in [2.05, 4.69) is 13.8 Å². The first-order valence-electron chi connectivity index (χ1n) is 11.1. The Morgan fingerprint density at radius 1 is 1.27 bits per heavy atom. The smallest absolute Gasteiger partial charge is 0.123 e. The minimum Gasteiger partial charge on any atom is -0.388 e. The van der Waals surface area contributed by atoms with Gasteiger partial charge in [0, 0.05) is 67.3 Å². The zero-order valence-corrected chi connectivity index (χ0v) is 22.3. The summed E-state index contributed by atoms with van der Waals surface area (Å²) < 4.78 is 20.4. The number of alkyl halides is 2. The summed E-state index contributed by atoms with van der Waals surface area (Å²) in [6.45, 7) is 7.13. The predicted molar refractivity (Wildman–Crippen MR) is 118 cm³/mol. The molecule has 0 saturated heterocycles. The summed E-state index contributed by atoms with van der Waals surface area (Å²) in [6.07, 6.45) is 6.90. The molecule has 1 N–H and O–H groups in total. The van der Waals surface area contributed by atoms with Crippen LogP contribution in [0.25, 0.3) is 0 Å². The van der Waals surface area contributed by atoms with E-state index in [-0.39, 0.29) is 66.5 Å². The first-order chi connectivity index (χ1) is 13.9. The van der Waals surface area contributed by atoms with E-state index in [1.807, 2.05) is 6.07 Å². The summed E-state index contributed by atoms with van der Waals surface area (Å²) in [4.78, 5) is 0. The number of aliphatic hydroxyl groups is 1. The SMILES string of the molecule is [CH2-]CCCOCC1C(Cl)CC(Cl)C1c1cc(F)cc(C(O)C2(CCC)CCC2)c1.[Y]. The summed E-state index contributed by atoms with van der Waals surface area (Å²) >= 11 is 13.3. The Morgan fingerprint density at radius 3 is 2.60 bits per heavy atom. The fraction of sp³-hybridized carbons (Fsp3) is 0.708. The summed E-state index contributed by atoms with van der Waals surface area (Å²) in [5, 5.41) is 10.9. The molecule has 30 heavy (non-hydrogen) atoms. The van der Waals surface area contributed by atoms with Crippen LogP contribution >= 0.6 is 23.2 Å². The van der Waals surface area contributed by atoms with Crippen LogP contribution in [0.3, 0.4) is 0 Å². The van der Waals surface area contributed by atoms with Crippen LogP contribution < -0.4 is 0 Å². The number of aliphatic hydroxyl groups excluding tert-OH is 1. The Bertz CT molecular complexity index is 671. The van der Waals surface area contributed by atoms with Crippen LogP contribution in [0.2, 0.25) is 0 Å². The Kier molecular flexibility index (Phi) is 11.1. The molecular weight excluding hydrogens is 499 g/mol. The second-order valence-corrected chi connectivity index (χ2v) is 10.0. The maximum atomic E-state index is 14.6. The number of halogens is 3. The Balaban J connectivity index is 0.00000320. The van der Waals surface area contributed by atoms with Gasteiger partial charge in [-0.3, -0.25) is 0 Å². The molecule has 5 atom stereocenters. The van der Waals surface area contributed by atoms with Crippen molar-refractivity contribution in [2.45, 2.75) is 81.1 Å². The quantitative estimate of drug-likeness (QED) is 0.204. The molecule has 5 unspecified atom stereocenters. The van der Waals surface area contributed by atoms with E-state index in [0.717, 1.165) is 50.5 Å². The normalized spacial score (nSPS) is 28.6. The monoisotopic (exact) mass is 532 g/mol. The fourth-order valence-electron chi connectivity index (χ4n) is 5.25. The first kappa shape index (κ1) is 27.0. The van der Waals surface area contributed by atoms with Gasteiger partial charge in [-0.05, 0) is 48.9 Å². The molecule has 3 rings (SSSR count). The van der Waals surface area contributed by atoms with Gasteiger partial charge in [0.1, 0.15) is 5.82 Å². The van der Waals surface area contributed by atoms with Gasteiger partial charge in [0.25, 0.3) is 0 Å². The second-order valence-electron chi connectivity index (χ2n) is 8.93. The van der Waals surface area contributed by atoms with E-state index in [1.165, 1.54) is 6.07 Å². The molecule has 1 aromatic rings. The zero-order chi connectivity index (χ0) is 21.0. The number of hydrogen-bond acceptors (Lipinski definition) is 2. The topological polar surface area (TPSA) is 29.5 Å². The Labute approximate surface area is 216 Å². The minimum atomic E-state index is -0.639. The van der Waals surface area contributed by atoms with E-state index < -0.39 is 6.10 Å². The second kappa shape index (κ2) is 12.3. The molecule has 0 aromatic heterocycles. The molecule has 1 radical (unpaired) electrons. The average Bonchev–Trinajstić information content (AvgIpc) is 2.94. The van der Waals surface area contributed by atoms with Gasteiger partial charge in [-0.15, -0.1) is 23.2 Å². The van der Waals surface area contributed by atoms with Crippen LogP contribution in [0, 0.1) is 24.1 Å². The van der Waals surface area contributed by atoms with Crippen molar-refractivity contribution in [1.82, 2.24) is 0 Å². The predicted octanol–water partition coefficient (Wildman–Crippen LogP) is 6.78. The molecule has 2 aliphatic rings. The summed E-state index contributed by atoms with van der Waals surface area (Å²) in [7, 11) is 0. The van der Waals surface area contributed by atoms with Gasteiger partial charge in [0.2, 0.25) is 0 Å². The van der Waals surface area contributed by atoms with E-state index in [1.54, 1.807) is 6.07 Å². The van der Waals surface area contributed by atoms with Gasteiger partial charge >= 0.3 is 0 Å². The Morgan fingerprint density at radius 2 is 2.00 bits per heavy atom. The van der Waals surface area contributed by atoms with Crippen molar-refractivity contribution in [2.24, 2.45) is 11.3 Å². The summed E-state index contributed by atoms with van der Waals surface area (Å²) in [5.41, 5.74) is 1.40. The number of benzene rings is 1. The zero-order valence-electron chi connectivity index (χ0n) is 18.0. The van der Waals surface area contributed by atoms with Crippen LogP contribution in [0.15, 0.2) is 18.2 Å². The van der Waals surface area contributed by atoms with Gasteiger partial charge in [-0.2, -0.15) is 6.42 Å². The van der Waals surface area contributed by atoms with Crippen molar-refractivity contribution >= 4 is 23.2 Å². The van der Waals surface area contributed by atoms with E-state index in [9.17, 15) is 9.50 Å². The van der Waals surface area contributed by atoms with Crippen LogP contribution in [-0.4, -0.2) is 29.1 Å². The molecule has 1 aromatic carbocycles. The molecule has 2 fully saturated rings.